The lowest BCUT2D eigenvalue weighted by atomic mass is 10.1. The van der Waals surface area contributed by atoms with E-state index in [2.05, 4.69) is 15.7 Å². The van der Waals surface area contributed by atoms with Crippen LogP contribution < -0.4 is 20.2 Å². The number of aromatic nitrogens is 1. The zero-order valence-electron chi connectivity index (χ0n) is 18.3. The average molecular weight is 445 g/mol. The first-order valence-electron chi connectivity index (χ1n) is 11.9. The van der Waals surface area contributed by atoms with Crippen LogP contribution in [0.1, 0.15) is 62.8 Å². The van der Waals surface area contributed by atoms with Crippen molar-refractivity contribution in [3.05, 3.63) is 17.7 Å². The zero-order valence-corrected chi connectivity index (χ0v) is 18.3. The third kappa shape index (κ3) is 5.89. The van der Waals surface area contributed by atoms with Crippen molar-refractivity contribution in [2.45, 2.75) is 69.4 Å². The maximum Gasteiger partial charge on any atom is 0.414 e. The van der Waals surface area contributed by atoms with Crippen molar-refractivity contribution in [1.29, 1.82) is 0 Å². The Kier molecular flexibility index (Phi) is 6.19. The number of carbonyl (C=O) groups excluding carboxylic acids is 2. The predicted molar refractivity (Wildman–Crippen MR) is 115 cm³/mol. The fraction of sp³-hybridized carbons (Fsp3) is 0.696. The summed E-state index contributed by atoms with van der Waals surface area (Å²) in [6.45, 7) is 1.64. The number of carbonyl (C=O) groups is 2. The molecule has 1 aromatic rings. The van der Waals surface area contributed by atoms with Gasteiger partial charge >= 0.3 is 6.09 Å². The first-order valence-corrected chi connectivity index (χ1v) is 11.9. The lowest BCUT2D eigenvalue weighted by molar-refractivity contribution is -0.127. The van der Waals surface area contributed by atoms with Gasteiger partial charge in [-0.2, -0.15) is 4.98 Å². The molecule has 1 unspecified atom stereocenters. The fourth-order valence-electron chi connectivity index (χ4n) is 4.06. The van der Waals surface area contributed by atoms with Gasteiger partial charge in [-0.3, -0.25) is 10.2 Å². The van der Waals surface area contributed by atoms with E-state index in [0.29, 0.717) is 56.2 Å². The zero-order chi connectivity index (χ0) is 22.1. The van der Waals surface area contributed by atoms with Crippen LogP contribution >= 0.6 is 0 Å². The van der Waals surface area contributed by atoms with Gasteiger partial charge in [0.25, 0.3) is 5.91 Å². The van der Waals surface area contributed by atoms with Gasteiger partial charge in [0.15, 0.2) is 0 Å². The average Bonchev–Trinajstić information content (AvgIpc) is 3.62. The summed E-state index contributed by atoms with van der Waals surface area (Å²) in [5, 5.41) is 14.1. The Morgan fingerprint density at radius 2 is 1.91 bits per heavy atom. The number of ether oxygens (including phenoxy) is 2. The van der Waals surface area contributed by atoms with Gasteiger partial charge in [-0.05, 0) is 62.3 Å². The minimum atomic E-state index is -0.702. The highest BCUT2D eigenvalue weighted by Gasteiger charge is 2.33. The van der Waals surface area contributed by atoms with E-state index < -0.39 is 18.2 Å². The van der Waals surface area contributed by atoms with Crippen molar-refractivity contribution in [2.24, 2.45) is 11.8 Å². The molecule has 9 heteroatoms. The number of nitrogens with zero attached hydrogens (tertiary/aromatic N) is 2. The van der Waals surface area contributed by atoms with E-state index >= 15 is 0 Å². The summed E-state index contributed by atoms with van der Waals surface area (Å²) in [6.07, 6.45) is 6.84. The lowest BCUT2D eigenvalue weighted by Crippen LogP contribution is -2.52. The summed E-state index contributed by atoms with van der Waals surface area (Å²) in [5.74, 6) is 1.97. The molecule has 174 valence electrons. The molecule has 1 aromatic heterocycles. The van der Waals surface area contributed by atoms with E-state index in [1.54, 1.807) is 11.1 Å². The third-order valence-electron chi connectivity index (χ3n) is 6.54. The monoisotopic (exact) mass is 444 g/mol. The largest absolute Gasteiger partial charge is 0.477 e. The van der Waals surface area contributed by atoms with Gasteiger partial charge in [-0.15, -0.1) is 0 Å². The Balaban J connectivity index is 1.19. The molecule has 1 saturated heterocycles. The van der Waals surface area contributed by atoms with Gasteiger partial charge in [0.1, 0.15) is 6.04 Å². The molecule has 0 radical (unpaired) electrons. The normalized spacial score (nSPS) is 24.1. The van der Waals surface area contributed by atoms with Crippen molar-refractivity contribution in [1.82, 2.24) is 20.7 Å². The number of aliphatic hydroxyl groups excluding tert-OH is 1. The summed E-state index contributed by atoms with van der Waals surface area (Å²) in [4.78, 5) is 29.8. The van der Waals surface area contributed by atoms with E-state index in [0.717, 1.165) is 31.2 Å². The first-order chi connectivity index (χ1) is 15.5. The molecule has 3 saturated carbocycles. The Bertz CT molecular complexity index is 853. The third-order valence-corrected chi connectivity index (χ3v) is 6.54. The summed E-state index contributed by atoms with van der Waals surface area (Å²) in [7, 11) is 0. The predicted octanol–water partition coefficient (Wildman–Crippen LogP) is 2.10. The Morgan fingerprint density at radius 1 is 1.12 bits per heavy atom. The Morgan fingerprint density at radius 3 is 2.56 bits per heavy atom. The van der Waals surface area contributed by atoms with Gasteiger partial charge in [-0.25, -0.2) is 9.80 Å². The number of aliphatic hydroxyl groups is 1. The number of hydrazine groups is 1. The van der Waals surface area contributed by atoms with E-state index in [9.17, 15) is 14.7 Å². The van der Waals surface area contributed by atoms with Crippen LogP contribution in [0.4, 0.5) is 4.79 Å². The molecule has 4 aliphatic rings. The van der Waals surface area contributed by atoms with Crippen LogP contribution in [0.15, 0.2) is 12.1 Å². The van der Waals surface area contributed by atoms with Crippen LogP contribution in [-0.2, 0) is 4.79 Å². The molecule has 2 atom stereocenters. The highest BCUT2D eigenvalue weighted by molar-refractivity contribution is 5.85. The van der Waals surface area contributed by atoms with Crippen LogP contribution in [0, 0.1) is 11.8 Å². The second-order valence-corrected chi connectivity index (χ2v) is 9.70. The van der Waals surface area contributed by atoms with Crippen molar-refractivity contribution < 1.29 is 24.2 Å². The molecule has 2 amide bonds. The number of β-amino-alcohol motifs (C(OH)–C–C–N with tert-alkyl or cyclic N) is 1. The topological polar surface area (TPSA) is 113 Å². The SMILES string of the molecule is O=C(NC(CC1CC1)C(=O)NN1CC[C@H](O)C1)Oc1ccc(C2CC2)c(OCC2CC2)n1. The fourth-order valence-corrected chi connectivity index (χ4v) is 4.06. The molecule has 2 heterocycles. The number of hydrogen-bond acceptors (Lipinski definition) is 7. The van der Waals surface area contributed by atoms with Crippen LogP contribution in [0.2, 0.25) is 0 Å². The van der Waals surface area contributed by atoms with Gasteiger partial charge in [0.2, 0.25) is 11.8 Å². The molecule has 1 aliphatic heterocycles. The van der Waals surface area contributed by atoms with Gasteiger partial charge in [0.05, 0.1) is 12.7 Å². The molecular formula is C23H32N4O5. The number of hydrogen-bond donors (Lipinski definition) is 3. The number of rotatable bonds is 10. The van der Waals surface area contributed by atoms with Crippen molar-refractivity contribution in [3.63, 3.8) is 0 Å². The summed E-state index contributed by atoms with van der Waals surface area (Å²) in [6, 6.07) is 2.94. The van der Waals surface area contributed by atoms with E-state index in [1.165, 1.54) is 12.8 Å². The number of amides is 2. The summed E-state index contributed by atoms with van der Waals surface area (Å²) < 4.78 is 11.4. The number of pyridine rings is 1. The minimum Gasteiger partial charge on any atom is -0.477 e. The molecule has 32 heavy (non-hydrogen) atoms. The van der Waals surface area contributed by atoms with E-state index in [-0.39, 0.29) is 11.8 Å². The van der Waals surface area contributed by atoms with Crippen LogP contribution in [-0.4, -0.2) is 58.9 Å². The van der Waals surface area contributed by atoms with Gasteiger partial charge in [-0.1, -0.05) is 12.8 Å². The van der Waals surface area contributed by atoms with E-state index in [1.807, 2.05) is 6.07 Å². The van der Waals surface area contributed by atoms with Crippen molar-refractivity contribution >= 4 is 12.0 Å². The lowest BCUT2D eigenvalue weighted by Gasteiger charge is -2.22. The quantitative estimate of drug-likeness (QED) is 0.507. The highest BCUT2D eigenvalue weighted by Crippen LogP contribution is 2.44. The Labute approximate surface area is 187 Å². The summed E-state index contributed by atoms with van der Waals surface area (Å²) >= 11 is 0. The summed E-state index contributed by atoms with van der Waals surface area (Å²) in [5.41, 5.74) is 3.89. The van der Waals surface area contributed by atoms with Crippen LogP contribution in [0.3, 0.4) is 0 Å². The smallest absolute Gasteiger partial charge is 0.414 e. The van der Waals surface area contributed by atoms with Crippen molar-refractivity contribution in [3.8, 4) is 11.8 Å². The molecule has 9 nitrogen and oxygen atoms in total. The van der Waals surface area contributed by atoms with Crippen molar-refractivity contribution in [2.75, 3.05) is 19.7 Å². The highest BCUT2D eigenvalue weighted by atomic mass is 16.6. The maximum atomic E-state index is 12.8. The molecular weight excluding hydrogens is 412 g/mol. The van der Waals surface area contributed by atoms with Crippen LogP contribution in [0.5, 0.6) is 11.8 Å². The molecule has 5 rings (SSSR count). The molecule has 0 spiro atoms. The Hall–Kier alpha value is -2.39. The second-order valence-electron chi connectivity index (χ2n) is 9.70. The molecule has 0 bridgehead atoms. The van der Waals surface area contributed by atoms with Gasteiger partial charge in [0, 0.05) is 24.7 Å². The van der Waals surface area contributed by atoms with Gasteiger partial charge < -0.3 is 19.9 Å². The molecule has 3 N–H and O–H groups in total. The van der Waals surface area contributed by atoms with Crippen LogP contribution in [0.25, 0.3) is 0 Å². The van der Waals surface area contributed by atoms with E-state index in [4.69, 9.17) is 9.47 Å². The molecule has 3 aliphatic carbocycles. The molecule has 0 aromatic carbocycles. The standard InChI is InChI=1S/C23H32N4O5/c28-17-9-10-27(12-17)26-21(29)19(11-14-1-2-14)24-23(30)32-20-8-7-18(16-5-6-16)22(25-20)31-13-15-3-4-15/h7-8,14-17,19,28H,1-6,9-13H2,(H,24,30)(H,26,29)/t17-,19?/m0/s1. The second kappa shape index (κ2) is 9.23. The first kappa shape index (κ1) is 21.5. The maximum absolute atomic E-state index is 12.8. The molecule has 4 fully saturated rings. The minimum absolute atomic E-state index is 0.172. The number of nitrogens with one attached hydrogen (secondary N) is 2.